The van der Waals surface area contributed by atoms with Gasteiger partial charge >= 0.3 is 0 Å². The summed E-state index contributed by atoms with van der Waals surface area (Å²) in [5.74, 6) is 0. The third kappa shape index (κ3) is 5.55. The number of hydrogen-bond donors (Lipinski definition) is 0. The van der Waals surface area contributed by atoms with Gasteiger partial charge in [0.2, 0.25) is 0 Å². The van der Waals surface area contributed by atoms with E-state index in [1.165, 1.54) is 70.6 Å². The van der Waals surface area contributed by atoms with Gasteiger partial charge in [-0.1, -0.05) is 151 Å². The normalized spacial score (nSPS) is 10.8. The van der Waals surface area contributed by atoms with E-state index in [1.807, 2.05) is 0 Å². The third-order valence-corrected chi connectivity index (χ3v) is 7.92. The lowest BCUT2D eigenvalue weighted by Crippen LogP contribution is -1.84. The van der Waals surface area contributed by atoms with Gasteiger partial charge in [-0.3, -0.25) is 0 Å². The van der Waals surface area contributed by atoms with E-state index in [2.05, 4.69) is 172 Å². The quantitative estimate of drug-likeness (QED) is 0.136. The number of rotatable bonds is 0. The summed E-state index contributed by atoms with van der Waals surface area (Å²) in [7, 11) is 0. The minimum atomic E-state index is 1.31. The Hall–Kier alpha value is -4.94. The lowest BCUT2D eigenvalue weighted by molar-refractivity contribution is 1.51. The van der Waals surface area contributed by atoms with Crippen LogP contribution in [0.1, 0.15) is 16.7 Å². The highest BCUT2D eigenvalue weighted by atomic mass is 14.1. The topological polar surface area (TPSA) is 0 Å². The highest BCUT2D eigenvalue weighted by Gasteiger charge is 2.06. The molecule has 0 unspecified atom stereocenters. The van der Waals surface area contributed by atoms with Crippen molar-refractivity contribution >= 4 is 53.9 Å². The van der Waals surface area contributed by atoms with Gasteiger partial charge in [0.1, 0.15) is 0 Å². The van der Waals surface area contributed by atoms with Crippen LogP contribution < -0.4 is 0 Å². The average molecular weight is 527 g/mol. The van der Waals surface area contributed by atoms with E-state index in [-0.39, 0.29) is 0 Å². The molecule has 0 atom stereocenters. The van der Waals surface area contributed by atoms with Gasteiger partial charge < -0.3 is 0 Å². The smallest absolute Gasteiger partial charge is 0.00697 e. The van der Waals surface area contributed by atoms with Crippen molar-refractivity contribution in [3.8, 4) is 0 Å². The summed E-state index contributed by atoms with van der Waals surface area (Å²) in [5.41, 5.74) is 4.05. The molecule has 8 aromatic carbocycles. The predicted octanol–water partition coefficient (Wildman–Crippen LogP) is 11.8. The molecule has 0 aliphatic heterocycles. The molecule has 0 aliphatic rings. The molecule has 198 valence electrons. The highest BCUT2D eigenvalue weighted by molar-refractivity contribution is 6.14. The molecular formula is C41H34. The maximum Gasteiger partial charge on any atom is -0.00697 e. The molecule has 0 heteroatoms. The Balaban J connectivity index is 0.000000118. The van der Waals surface area contributed by atoms with E-state index >= 15 is 0 Å². The van der Waals surface area contributed by atoms with Gasteiger partial charge in [0, 0.05) is 0 Å². The number of benzene rings is 8. The summed E-state index contributed by atoms with van der Waals surface area (Å²) >= 11 is 0. The molecule has 8 aromatic rings. The fourth-order valence-corrected chi connectivity index (χ4v) is 5.79. The van der Waals surface area contributed by atoms with Crippen LogP contribution in [-0.4, -0.2) is 0 Å². The lowest BCUT2D eigenvalue weighted by atomic mass is 9.94. The van der Waals surface area contributed by atoms with E-state index in [4.69, 9.17) is 0 Å². The monoisotopic (exact) mass is 526 g/mol. The van der Waals surface area contributed by atoms with Gasteiger partial charge in [-0.15, -0.1) is 0 Å². The van der Waals surface area contributed by atoms with Gasteiger partial charge in [-0.05, 0) is 91.8 Å². The van der Waals surface area contributed by atoms with Crippen molar-refractivity contribution in [1.82, 2.24) is 0 Å². The number of hydrogen-bond acceptors (Lipinski definition) is 0. The molecule has 0 saturated heterocycles. The third-order valence-electron chi connectivity index (χ3n) is 7.92. The Morgan fingerprint density at radius 1 is 0.317 bits per heavy atom. The molecule has 0 radical (unpaired) electrons. The average Bonchev–Trinajstić information content (AvgIpc) is 3.02. The standard InChI is InChI=1S/C19H14.2C11H10/c1-13-17-8-4-3-7-15(17)12-16-11-10-14-6-2-5-9-18(14)19(13)16;1-9-5-4-7-10-6-2-3-8-11(9)10;1-9-6-7-10-4-2-3-5-11(10)8-9/h2-12H,1H3;2*2-8H,1H3. The predicted molar refractivity (Wildman–Crippen MR) is 181 cm³/mol. The zero-order chi connectivity index (χ0) is 28.2. The molecule has 0 saturated carbocycles. The van der Waals surface area contributed by atoms with Crippen LogP contribution in [-0.2, 0) is 0 Å². The van der Waals surface area contributed by atoms with Crippen LogP contribution >= 0.6 is 0 Å². The summed E-state index contributed by atoms with van der Waals surface area (Å²) in [6, 6.07) is 53.7. The van der Waals surface area contributed by atoms with Gasteiger partial charge in [0.25, 0.3) is 0 Å². The minimum absolute atomic E-state index is 1.31. The van der Waals surface area contributed by atoms with Gasteiger partial charge in [0.05, 0.1) is 0 Å². The molecule has 0 aliphatic carbocycles. The van der Waals surface area contributed by atoms with Crippen molar-refractivity contribution in [2.45, 2.75) is 20.8 Å². The van der Waals surface area contributed by atoms with E-state index < -0.39 is 0 Å². The first kappa shape index (κ1) is 26.3. The molecule has 41 heavy (non-hydrogen) atoms. The van der Waals surface area contributed by atoms with E-state index in [0.29, 0.717) is 0 Å². The molecule has 0 amide bonds. The van der Waals surface area contributed by atoms with E-state index in [9.17, 15) is 0 Å². The van der Waals surface area contributed by atoms with Crippen LogP contribution in [0.4, 0.5) is 0 Å². The molecule has 0 fully saturated rings. The molecule has 0 bridgehead atoms. The zero-order valence-electron chi connectivity index (χ0n) is 23.9. The maximum atomic E-state index is 2.30. The first-order valence-corrected chi connectivity index (χ1v) is 14.3. The Labute approximate surface area is 242 Å². The van der Waals surface area contributed by atoms with Crippen LogP contribution in [0.2, 0.25) is 0 Å². The van der Waals surface area contributed by atoms with Crippen LogP contribution in [0.5, 0.6) is 0 Å². The Bertz CT molecular complexity index is 2120. The molecule has 0 nitrogen and oxygen atoms in total. The van der Waals surface area contributed by atoms with Crippen molar-refractivity contribution in [1.29, 1.82) is 0 Å². The Morgan fingerprint density at radius 3 is 1.56 bits per heavy atom. The number of aryl methyl sites for hydroxylation is 3. The highest BCUT2D eigenvalue weighted by Crippen LogP contribution is 2.33. The van der Waals surface area contributed by atoms with Gasteiger partial charge in [0.15, 0.2) is 0 Å². The van der Waals surface area contributed by atoms with E-state index in [0.717, 1.165) is 0 Å². The van der Waals surface area contributed by atoms with Gasteiger partial charge in [-0.2, -0.15) is 0 Å². The second-order valence-corrected chi connectivity index (χ2v) is 10.8. The lowest BCUT2D eigenvalue weighted by Gasteiger charge is -2.10. The Kier molecular flexibility index (Phi) is 7.48. The zero-order valence-corrected chi connectivity index (χ0v) is 23.9. The van der Waals surface area contributed by atoms with Crippen molar-refractivity contribution in [3.05, 3.63) is 168 Å². The van der Waals surface area contributed by atoms with Crippen LogP contribution in [0.15, 0.2) is 152 Å². The van der Waals surface area contributed by atoms with Crippen molar-refractivity contribution in [2.75, 3.05) is 0 Å². The Morgan fingerprint density at radius 2 is 0.829 bits per heavy atom. The SMILES string of the molecule is Cc1c2ccccc2cc2ccc3ccccc3c12.Cc1ccc2ccccc2c1.Cc1cccc2ccccc12. The molecule has 0 heterocycles. The summed E-state index contributed by atoms with van der Waals surface area (Å²) < 4.78 is 0. The van der Waals surface area contributed by atoms with Crippen LogP contribution in [0.25, 0.3) is 53.9 Å². The molecular weight excluding hydrogens is 492 g/mol. The van der Waals surface area contributed by atoms with Crippen LogP contribution in [0.3, 0.4) is 0 Å². The molecule has 0 aromatic heterocycles. The fraction of sp³-hybridized carbons (Fsp3) is 0.0732. The summed E-state index contributed by atoms with van der Waals surface area (Å²) in [4.78, 5) is 0. The van der Waals surface area contributed by atoms with Gasteiger partial charge in [-0.25, -0.2) is 0 Å². The molecule has 0 spiro atoms. The summed E-state index contributed by atoms with van der Waals surface area (Å²) in [6.45, 7) is 6.49. The minimum Gasteiger partial charge on any atom is -0.0616 e. The van der Waals surface area contributed by atoms with Crippen LogP contribution in [0, 0.1) is 20.8 Å². The van der Waals surface area contributed by atoms with Crippen molar-refractivity contribution in [3.63, 3.8) is 0 Å². The molecule has 8 rings (SSSR count). The summed E-state index contributed by atoms with van der Waals surface area (Å²) in [5, 5.41) is 13.4. The van der Waals surface area contributed by atoms with Crippen molar-refractivity contribution in [2.24, 2.45) is 0 Å². The molecule has 0 N–H and O–H groups in total. The number of fused-ring (bicyclic) bond motifs is 6. The fourth-order valence-electron chi connectivity index (χ4n) is 5.79. The first-order valence-electron chi connectivity index (χ1n) is 14.3. The van der Waals surface area contributed by atoms with E-state index in [1.54, 1.807) is 0 Å². The van der Waals surface area contributed by atoms with Crippen molar-refractivity contribution < 1.29 is 0 Å². The second-order valence-electron chi connectivity index (χ2n) is 10.8. The maximum absolute atomic E-state index is 2.30. The summed E-state index contributed by atoms with van der Waals surface area (Å²) in [6.07, 6.45) is 0. The second kappa shape index (κ2) is 11.7. The first-order chi connectivity index (χ1) is 20.1. The largest absolute Gasteiger partial charge is 0.0616 e.